The predicted molar refractivity (Wildman–Crippen MR) is 64.2 cm³/mol. The van der Waals surface area contributed by atoms with Crippen LogP contribution >= 0.6 is 11.6 Å². The number of nitrogens with zero attached hydrogens (tertiary/aromatic N) is 1. The fourth-order valence-corrected chi connectivity index (χ4v) is 1.83. The molecule has 0 unspecified atom stereocenters. The average molecular weight is 256 g/mol. The van der Waals surface area contributed by atoms with Gasteiger partial charge in [0.25, 0.3) is 5.91 Å². The van der Waals surface area contributed by atoms with Crippen LogP contribution in [0.3, 0.4) is 0 Å². The molecule has 2 rings (SSSR count). The first-order valence-corrected chi connectivity index (χ1v) is 5.86. The number of benzene rings is 1. The summed E-state index contributed by atoms with van der Waals surface area (Å²) < 4.78 is 5.30. The Hall–Kier alpha value is -1.10. The first-order valence-electron chi connectivity index (χ1n) is 5.48. The summed E-state index contributed by atoms with van der Waals surface area (Å²) in [6, 6.07) is 6.84. The van der Waals surface area contributed by atoms with E-state index in [4.69, 9.17) is 21.4 Å². The standard InChI is InChI=1S/C12H14ClNO3/c13-10-3-1-9(2-4-10)12(16)14-7-11(8-14)17-6-5-15/h1-4,11,15H,5-8H2. The third kappa shape index (κ3) is 2.97. The third-order valence-corrected chi connectivity index (χ3v) is 2.92. The van der Waals surface area contributed by atoms with Crippen molar-refractivity contribution < 1.29 is 14.6 Å². The van der Waals surface area contributed by atoms with Crippen LogP contribution in [0.15, 0.2) is 24.3 Å². The maximum absolute atomic E-state index is 11.9. The van der Waals surface area contributed by atoms with E-state index >= 15 is 0 Å². The zero-order chi connectivity index (χ0) is 12.3. The molecule has 0 spiro atoms. The molecule has 4 nitrogen and oxygen atoms in total. The maximum atomic E-state index is 11.9. The van der Waals surface area contributed by atoms with Gasteiger partial charge in [0, 0.05) is 23.7 Å². The number of carbonyl (C=O) groups excluding carboxylic acids is 1. The molecule has 0 saturated carbocycles. The molecule has 0 aromatic heterocycles. The van der Waals surface area contributed by atoms with Crippen LogP contribution in [0.5, 0.6) is 0 Å². The van der Waals surface area contributed by atoms with Gasteiger partial charge in [-0.25, -0.2) is 0 Å². The highest BCUT2D eigenvalue weighted by molar-refractivity contribution is 6.30. The largest absolute Gasteiger partial charge is 0.394 e. The number of halogens is 1. The van der Waals surface area contributed by atoms with Crippen LogP contribution in [0.1, 0.15) is 10.4 Å². The first-order chi connectivity index (χ1) is 8.20. The van der Waals surface area contributed by atoms with Crippen LogP contribution in [0.25, 0.3) is 0 Å². The van der Waals surface area contributed by atoms with E-state index in [1.54, 1.807) is 29.2 Å². The van der Waals surface area contributed by atoms with E-state index in [0.717, 1.165) is 0 Å². The summed E-state index contributed by atoms with van der Waals surface area (Å²) in [6.07, 6.45) is 0.0541. The predicted octanol–water partition coefficient (Wildman–Crippen LogP) is 1.17. The molecule has 0 aliphatic carbocycles. The quantitative estimate of drug-likeness (QED) is 0.879. The van der Waals surface area contributed by atoms with E-state index in [0.29, 0.717) is 30.3 Å². The molecule has 0 radical (unpaired) electrons. The Balaban J connectivity index is 1.85. The highest BCUT2D eigenvalue weighted by Gasteiger charge is 2.31. The van der Waals surface area contributed by atoms with E-state index in [1.807, 2.05) is 0 Å². The maximum Gasteiger partial charge on any atom is 0.254 e. The number of rotatable bonds is 4. The minimum absolute atomic E-state index is 0.00878. The van der Waals surface area contributed by atoms with Crippen LogP contribution in [-0.2, 0) is 4.74 Å². The molecule has 1 aliphatic rings. The fraction of sp³-hybridized carbons (Fsp3) is 0.417. The molecule has 1 aromatic carbocycles. The normalized spacial score (nSPS) is 15.8. The summed E-state index contributed by atoms with van der Waals surface area (Å²) in [4.78, 5) is 13.6. The van der Waals surface area contributed by atoms with Crippen molar-refractivity contribution in [1.82, 2.24) is 4.90 Å². The van der Waals surface area contributed by atoms with E-state index < -0.39 is 0 Å². The minimum Gasteiger partial charge on any atom is -0.394 e. The summed E-state index contributed by atoms with van der Waals surface area (Å²) in [7, 11) is 0. The van der Waals surface area contributed by atoms with Crippen molar-refractivity contribution in [2.75, 3.05) is 26.3 Å². The van der Waals surface area contributed by atoms with Crippen molar-refractivity contribution >= 4 is 17.5 Å². The smallest absolute Gasteiger partial charge is 0.254 e. The van der Waals surface area contributed by atoms with Crippen LogP contribution in [0.2, 0.25) is 5.02 Å². The van der Waals surface area contributed by atoms with Gasteiger partial charge in [-0.1, -0.05) is 11.6 Å². The molecule has 1 amide bonds. The molecular weight excluding hydrogens is 242 g/mol. The zero-order valence-electron chi connectivity index (χ0n) is 9.30. The van der Waals surface area contributed by atoms with Gasteiger partial charge < -0.3 is 14.7 Å². The molecule has 17 heavy (non-hydrogen) atoms. The number of aliphatic hydroxyl groups excluding tert-OH is 1. The number of hydrogen-bond donors (Lipinski definition) is 1. The topological polar surface area (TPSA) is 49.8 Å². The van der Waals surface area contributed by atoms with Gasteiger partial charge in [-0.3, -0.25) is 4.79 Å². The van der Waals surface area contributed by atoms with Gasteiger partial charge in [-0.05, 0) is 24.3 Å². The van der Waals surface area contributed by atoms with Crippen LogP contribution < -0.4 is 0 Å². The molecule has 1 heterocycles. The van der Waals surface area contributed by atoms with Crippen molar-refractivity contribution in [2.24, 2.45) is 0 Å². The number of carbonyl (C=O) groups is 1. The summed E-state index contributed by atoms with van der Waals surface area (Å²) in [5.74, 6) is -0.00878. The van der Waals surface area contributed by atoms with Crippen molar-refractivity contribution in [3.8, 4) is 0 Å². The second-order valence-electron chi connectivity index (χ2n) is 3.93. The fourth-order valence-electron chi connectivity index (χ4n) is 1.70. The highest BCUT2D eigenvalue weighted by atomic mass is 35.5. The number of ether oxygens (including phenoxy) is 1. The third-order valence-electron chi connectivity index (χ3n) is 2.67. The Morgan fingerprint density at radius 2 is 2.06 bits per heavy atom. The van der Waals surface area contributed by atoms with E-state index in [-0.39, 0.29) is 18.6 Å². The van der Waals surface area contributed by atoms with Crippen molar-refractivity contribution in [2.45, 2.75) is 6.10 Å². The monoisotopic (exact) mass is 255 g/mol. The molecule has 1 aliphatic heterocycles. The van der Waals surface area contributed by atoms with E-state index in [2.05, 4.69) is 0 Å². The van der Waals surface area contributed by atoms with Crippen LogP contribution in [-0.4, -0.2) is 48.3 Å². The van der Waals surface area contributed by atoms with Crippen LogP contribution in [0, 0.1) is 0 Å². The Morgan fingerprint density at radius 1 is 1.41 bits per heavy atom. The second kappa shape index (κ2) is 5.49. The molecule has 0 atom stereocenters. The van der Waals surface area contributed by atoms with Gasteiger partial charge in [0.15, 0.2) is 0 Å². The SMILES string of the molecule is O=C(c1ccc(Cl)cc1)N1CC(OCCO)C1. The molecule has 1 saturated heterocycles. The van der Waals surface area contributed by atoms with E-state index in [9.17, 15) is 4.79 Å². The molecule has 1 N–H and O–H groups in total. The molecule has 5 heteroatoms. The number of aliphatic hydroxyl groups is 1. The summed E-state index contributed by atoms with van der Waals surface area (Å²) in [5, 5.41) is 9.22. The highest BCUT2D eigenvalue weighted by Crippen LogP contribution is 2.17. The summed E-state index contributed by atoms with van der Waals surface area (Å²) in [5.41, 5.74) is 0.634. The summed E-state index contributed by atoms with van der Waals surface area (Å²) >= 11 is 5.76. The Bertz CT molecular complexity index is 387. The lowest BCUT2D eigenvalue weighted by atomic mass is 10.1. The number of hydrogen-bond acceptors (Lipinski definition) is 3. The van der Waals surface area contributed by atoms with Gasteiger partial charge in [0.05, 0.1) is 19.3 Å². The Morgan fingerprint density at radius 3 is 2.65 bits per heavy atom. The average Bonchev–Trinajstić information content (AvgIpc) is 2.28. The van der Waals surface area contributed by atoms with Gasteiger partial charge in [0.2, 0.25) is 0 Å². The Labute approximate surface area is 105 Å². The lowest BCUT2D eigenvalue weighted by Gasteiger charge is -2.38. The van der Waals surface area contributed by atoms with Gasteiger partial charge in [-0.15, -0.1) is 0 Å². The lowest BCUT2D eigenvalue weighted by molar-refractivity contribution is -0.0516. The molecule has 1 aromatic rings. The van der Waals surface area contributed by atoms with Crippen LogP contribution in [0.4, 0.5) is 0 Å². The lowest BCUT2D eigenvalue weighted by Crippen LogP contribution is -2.54. The summed E-state index contributed by atoms with van der Waals surface area (Å²) in [6.45, 7) is 1.51. The van der Waals surface area contributed by atoms with Gasteiger partial charge in [0.1, 0.15) is 0 Å². The Kier molecular flexibility index (Phi) is 3.99. The minimum atomic E-state index is -0.00878. The molecule has 0 bridgehead atoms. The number of amides is 1. The van der Waals surface area contributed by atoms with Crippen molar-refractivity contribution in [3.63, 3.8) is 0 Å². The van der Waals surface area contributed by atoms with Gasteiger partial charge >= 0.3 is 0 Å². The van der Waals surface area contributed by atoms with Crippen molar-refractivity contribution in [1.29, 1.82) is 0 Å². The second-order valence-corrected chi connectivity index (χ2v) is 4.37. The van der Waals surface area contributed by atoms with Gasteiger partial charge in [-0.2, -0.15) is 0 Å². The molecule has 92 valence electrons. The first kappa shape index (κ1) is 12.4. The molecular formula is C12H14ClNO3. The van der Waals surface area contributed by atoms with E-state index in [1.165, 1.54) is 0 Å². The van der Waals surface area contributed by atoms with Crippen molar-refractivity contribution in [3.05, 3.63) is 34.9 Å². The zero-order valence-corrected chi connectivity index (χ0v) is 10.1. The number of likely N-dealkylation sites (tertiary alicyclic amines) is 1. The molecule has 1 fully saturated rings.